The van der Waals surface area contributed by atoms with Crippen molar-refractivity contribution < 1.29 is 14.0 Å². The van der Waals surface area contributed by atoms with Crippen molar-refractivity contribution in [2.24, 2.45) is 0 Å². The number of hydrogen-bond donors (Lipinski definition) is 1. The second-order valence-corrected chi connectivity index (χ2v) is 6.86. The maximum atomic E-state index is 12.3. The summed E-state index contributed by atoms with van der Waals surface area (Å²) in [5.41, 5.74) is -0.269. The van der Waals surface area contributed by atoms with Crippen LogP contribution in [0.4, 0.5) is 0 Å². The third kappa shape index (κ3) is 7.32. The molecule has 1 aromatic rings. The first-order chi connectivity index (χ1) is 10.6. The molecule has 130 valence electrons. The van der Waals surface area contributed by atoms with E-state index in [1.165, 1.54) is 0 Å². The number of amides is 2. The molecule has 0 radical (unpaired) electrons. The molecule has 0 aliphatic rings. The summed E-state index contributed by atoms with van der Waals surface area (Å²) in [6, 6.07) is 3.75. The van der Waals surface area contributed by atoms with Crippen LogP contribution in [0.2, 0.25) is 0 Å². The van der Waals surface area contributed by atoms with E-state index in [1.807, 2.05) is 51.7 Å². The van der Waals surface area contributed by atoms with Crippen LogP contribution in [0.1, 0.15) is 39.2 Å². The largest absolute Gasteiger partial charge is 0.464 e. The van der Waals surface area contributed by atoms with Gasteiger partial charge in [-0.05, 0) is 46.4 Å². The molecule has 0 saturated carbocycles. The molecule has 6 heteroatoms. The van der Waals surface area contributed by atoms with Gasteiger partial charge in [-0.2, -0.15) is 0 Å². The Labute approximate surface area is 138 Å². The van der Waals surface area contributed by atoms with Crippen molar-refractivity contribution in [2.75, 3.05) is 26.7 Å². The predicted octanol–water partition coefficient (Wildman–Crippen LogP) is 1.78. The van der Waals surface area contributed by atoms with Gasteiger partial charge in [-0.15, -0.1) is 0 Å². The summed E-state index contributed by atoms with van der Waals surface area (Å²) in [6.45, 7) is 11.1. The SMILES string of the molecule is CCN(CC(=O)NC(C)(C)C)CC(=O)N(C)Cc1ccc(C)o1. The highest BCUT2D eigenvalue weighted by molar-refractivity contribution is 5.81. The monoisotopic (exact) mass is 323 g/mol. The Morgan fingerprint density at radius 3 is 2.35 bits per heavy atom. The lowest BCUT2D eigenvalue weighted by Gasteiger charge is -2.26. The highest BCUT2D eigenvalue weighted by Gasteiger charge is 2.19. The summed E-state index contributed by atoms with van der Waals surface area (Å²) in [5, 5.41) is 2.91. The minimum Gasteiger partial charge on any atom is -0.464 e. The number of rotatable bonds is 7. The van der Waals surface area contributed by atoms with Gasteiger partial charge in [0.1, 0.15) is 11.5 Å². The molecule has 0 aliphatic heterocycles. The van der Waals surface area contributed by atoms with Crippen molar-refractivity contribution in [1.29, 1.82) is 0 Å². The summed E-state index contributed by atoms with van der Waals surface area (Å²) in [6.07, 6.45) is 0. The van der Waals surface area contributed by atoms with Gasteiger partial charge in [-0.1, -0.05) is 6.92 Å². The van der Waals surface area contributed by atoms with Crippen LogP contribution in [0.3, 0.4) is 0 Å². The number of hydrogen-bond acceptors (Lipinski definition) is 4. The van der Waals surface area contributed by atoms with Gasteiger partial charge in [0.25, 0.3) is 0 Å². The number of aryl methyl sites for hydroxylation is 1. The first-order valence-corrected chi connectivity index (χ1v) is 7.93. The van der Waals surface area contributed by atoms with Gasteiger partial charge in [0.15, 0.2) is 0 Å². The Morgan fingerprint density at radius 1 is 1.22 bits per heavy atom. The summed E-state index contributed by atoms with van der Waals surface area (Å²) in [4.78, 5) is 27.7. The van der Waals surface area contributed by atoms with Gasteiger partial charge >= 0.3 is 0 Å². The minimum atomic E-state index is -0.269. The van der Waals surface area contributed by atoms with E-state index in [2.05, 4.69) is 5.32 Å². The molecule has 0 atom stereocenters. The van der Waals surface area contributed by atoms with Gasteiger partial charge in [0.2, 0.25) is 11.8 Å². The van der Waals surface area contributed by atoms with E-state index in [-0.39, 0.29) is 30.4 Å². The molecule has 2 amide bonds. The van der Waals surface area contributed by atoms with Crippen LogP contribution >= 0.6 is 0 Å². The van der Waals surface area contributed by atoms with Crippen LogP contribution in [0.5, 0.6) is 0 Å². The Balaban J connectivity index is 2.50. The van der Waals surface area contributed by atoms with Gasteiger partial charge in [0, 0.05) is 12.6 Å². The second kappa shape index (κ2) is 8.15. The van der Waals surface area contributed by atoms with E-state index >= 15 is 0 Å². The molecule has 0 aliphatic carbocycles. The molecule has 0 saturated heterocycles. The average Bonchev–Trinajstić information content (AvgIpc) is 2.80. The van der Waals surface area contributed by atoms with Gasteiger partial charge in [-0.25, -0.2) is 0 Å². The third-order valence-electron chi connectivity index (χ3n) is 3.30. The summed E-state index contributed by atoms with van der Waals surface area (Å²) < 4.78 is 5.48. The Kier molecular flexibility index (Phi) is 6.81. The minimum absolute atomic E-state index is 0.0375. The Morgan fingerprint density at radius 2 is 1.87 bits per heavy atom. The molecule has 0 spiro atoms. The molecular formula is C17H29N3O3. The van der Waals surface area contributed by atoms with Gasteiger partial charge in [0.05, 0.1) is 19.6 Å². The lowest BCUT2D eigenvalue weighted by atomic mass is 10.1. The van der Waals surface area contributed by atoms with Crippen LogP contribution in [0, 0.1) is 6.92 Å². The zero-order valence-corrected chi connectivity index (χ0v) is 15.1. The predicted molar refractivity (Wildman–Crippen MR) is 89.9 cm³/mol. The van der Waals surface area contributed by atoms with E-state index in [0.29, 0.717) is 13.1 Å². The molecular weight excluding hydrogens is 294 g/mol. The van der Waals surface area contributed by atoms with Crippen molar-refractivity contribution in [3.05, 3.63) is 23.7 Å². The van der Waals surface area contributed by atoms with Gasteiger partial charge < -0.3 is 14.6 Å². The van der Waals surface area contributed by atoms with Crippen molar-refractivity contribution in [3.8, 4) is 0 Å². The number of furan rings is 1. The zero-order chi connectivity index (χ0) is 17.6. The lowest BCUT2D eigenvalue weighted by molar-refractivity contribution is -0.132. The average molecular weight is 323 g/mol. The number of nitrogens with one attached hydrogen (secondary N) is 1. The van der Waals surface area contributed by atoms with E-state index in [0.717, 1.165) is 11.5 Å². The van der Waals surface area contributed by atoms with Crippen molar-refractivity contribution in [2.45, 2.75) is 46.7 Å². The number of likely N-dealkylation sites (N-methyl/N-ethyl adjacent to an activating group) is 2. The molecule has 23 heavy (non-hydrogen) atoms. The molecule has 0 fully saturated rings. The van der Waals surface area contributed by atoms with Crippen LogP contribution < -0.4 is 5.32 Å². The summed E-state index contributed by atoms with van der Waals surface area (Å²) >= 11 is 0. The highest BCUT2D eigenvalue weighted by atomic mass is 16.3. The van der Waals surface area contributed by atoms with Crippen LogP contribution in [-0.4, -0.2) is 53.8 Å². The molecule has 1 heterocycles. The number of carbonyl (C=O) groups is 2. The van der Waals surface area contributed by atoms with Gasteiger partial charge in [-0.3, -0.25) is 14.5 Å². The zero-order valence-electron chi connectivity index (χ0n) is 15.1. The van der Waals surface area contributed by atoms with Crippen LogP contribution in [0.15, 0.2) is 16.5 Å². The molecule has 1 aromatic heterocycles. The fraction of sp³-hybridized carbons (Fsp3) is 0.647. The molecule has 0 aromatic carbocycles. The standard InChI is InChI=1S/C17H29N3O3/c1-7-20(11-15(21)18-17(3,4)5)12-16(22)19(6)10-14-9-8-13(2)23-14/h8-9H,7,10-12H2,1-6H3,(H,18,21). The maximum Gasteiger partial charge on any atom is 0.236 e. The molecule has 1 rings (SSSR count). The third-order valence-corrected chi connectivity index (χ3v) is 3.30. The first kappa shape index (κ1) is 19.2. The normalized spacial score (nSPS) is 11.6. The van der Waals surface area contributed by atoms with Crippen molar-refractivity contribution >= 4 is 11.8 Å². The fourth-order valence-electron chi connectivity index (χ4n) is 2.14. The molecule has 6 nitrogen and oxygen atoms in total. The fourth-order valence-corrected chi connectivity index (χ4v) is 2.14. The first-order valence-electron chi connectivity index (χ1n) is 7.93. The van der Waals surface area contributed by atoms with E-state index in [1.54, 1.807) is 11.9 Å². The maximum absolute atomic E-state index is 12.3. The molecule has 0 bridgehead atoms. The van der Waals surface area contributed by atoms with E-state index in [4.69, 9.17) is 4.42 Å². The number of nitrogens with zero attached hydrogens (tertiary/aromatic N) is 2. The smallest absolute Gasteiger partial charge is 0.236 e. The number of carbonyl (C=O) groups excluding carboxylic acids is 2. The van der Waals surface area contributed by atoms with E-state index < -0.39 is 0 Å². The summed E-state index contributed by atoms with van der Waals surface area (Å²) in [7, 11) is 1.74. The van der Waals surface area contributed by atoms with Crippen LogP contribution in [-0.2, 0) is 16.1 Å². The second-order valence-electron chi connectivity index (χ2n) is 6.86. The van der Waals surface area contributed by atoms with E-state index in [9.17, 15) is 9.59 Å². The highest BCUT2D eigenvalue weighted by Crippen LogP contribution is 2.09. The molecule has 0 unspecified atom stereocenters. The van der Waals surface area contributed by atoms with Crippen molar-refractivity contribution in [3.63, 3.8) is 0 Å². The quantitative estimate of drug-likeness (QED) is 0.831. The summed E-state index contributed by atoms with van der Waals surface area (Å²) in [5.74, 6) is 1.47. The van der Waals surface area contributed by atoms with Crippen molar-refractivity contribution in [1.82, 2.24) is 15.1 Å². The Bertz CT molecular complexity index is 531. The van der Waals surface area contributed by atoms with Crippen LogP contribution in [0.25, 0.3) is 0 Å². The molecule has 1 N–H and O–H groups in total. The Hall–Kier alpha value is -1.82. The lowest BCUT2D eigenvalue weighted by Crippen LogP contribution is -2.48. The topological polar surface area (TPSA) is 65.8 Å².